The lowest BCUT2D eigenvalue weighted by Crippen LogP contribution is -2.34. The van der Waals surface area contributed by atoms with E-state index in [1.54, 1.807) is 12.1 Å². The van der Waals surface area contributed by atoms with Gasteiger partial charge in [0.2, 0.25) is 0 Å². The van der Waals surface area contributed by atoms with Crippen LogP contribution in [0.25, 0.3) is 0 Å². The molecule has 2 atom stereocenters. The van der Waals surface area contributed by atoms with E-state index in [0.29, 0.717) is 0 Å². The van der Waals surface area contributed by atoms with E-state index >= 15 is 0 Å². The van der Waals surface area contributed by atoms with Crippen LogP contribution in [-0.4, -0.2) is 17.8 Å². The Kier molecular flexibility index (Phi) is 5.43. The van der Waals surface area contributed by atoms with Gasteiger partial charge in [0.05, 0.1) is 6.61 Å². The smallest absolute Gasteiger partial charge is 0.123 e. The number of hydrogen-bond donors (Lipinski definition) is 2. The van der Waals surface area contributed by atoms with E-state index in [1.807, 2.05) is 6.92 Å². The van der Waals surface area contributed by atoms with E-state index in [1.165, 1.54) is 12.1 Å². The fraction of sp³-hybridized carbons (Fsp3) is 0.538. The quantitative estimate of drug-likeness (QED) is 0.780. The molecule has 2 nitrogen and oxygen atoms in total. The van der Waals surface area contributed by atoms with Crippen LogP contribution in [-0.2, 0) is 0 Å². The minimum atomic E-state index is -0.215. The lowest BCUT2D eigenvalue weighted by molar-refractivity contribution is 0.226. The third-order valence-electron chi connectivity index (χ3n) is 2.83. The normalized spacial score (nSPS) is 14.8. The summed E-state index contributed by atoms with van der Waals surface area (Å²) in [5.41, 5.74) is 1.07. The number of aliphatic hydroxyl groups excluding tert-OH is 1. The Balaban J connectivity index is 2.70. The van der Waals surface area contributed by atoms with Crippen molar-refractivity contribution in [3.05, 3.63) is 35.6 Å². The summed E-state index contributed by atoms with van der Waals surface area (Å²) >= 11 is 0. The Morgan fingerprint density at radius 3 is 2.25 bits per heavy atom. The molecular weight excluding hydrogens is 205 g/mol. The molecule has 1 unspecified atom stereocenters. The summed E-state index contributed by atoms with van der Waals surface area (Å²) in [4.78, 5) is 0. The first kappa shape index (κ1) is 13.1. The average molecular weight is 225 g/mol. The van der Waals surface area contributed by atoms with Gasteiger partial charge >= 0.3 is 0 Å². The number of rotatable bonds is 6. The van der Waals surface area contributed by atoms with Gasteiger partial charge in [-0.05, 0) is 30.5 Å². The van der Waals surface area contributed by atoms with Crippen LogP contribution >= 0.6 is 0 Å². The highest BCUT2D eigenvalue weighted by Crippen LogP contribution is 2.18. The van der Waals surface area contributed by atoms with Crippen LogP contribution in [0, 0.1) is 5.82 Å². The maximum atomic E-state index is 12.8. The van der Waals surface area contributed by atoms with Gasteiger partial charge in [0, 0.05) is 12.1 Å². The van der Waals surface area contributed by atoms with E-state index in [4.69, 9.17) is 5.11 Å². The van der Waals surface area contributed by atoms with E-state index in [9.17, 15) is 4.39 Å². The molecule has 0 aliphatic heterocycles. The Bertz CT molecular complexity index is 295. The van der Waals surface area contributed by atoms with Crippen molar-refractivity contribution in [1.82, 2.24) is 5.32 Å². The molecular formula is C13H20FNO. The Morgan fingerprint density at radius 2 is 1.81 bits per heavy atom. The first-order chi connectivity index (χ1) is 7.71. The minimum Gasteiger partial charge on any atom is -0.395 e. The van der Waals surface area contributed by atoms with Gasteiger partial charge in [0.1, 0.15) is 5.82 Å². The third-order valence-corrected chi connectivity index (χ3v) is 2.83. The molecule has 0 heterocycles. The predicted octanol–water partition coefficient (Wildman–Crippen LogP) is 2.64. The van der Waals surface area contributed by atoms with E-state index < -0.39 is 0 Å². The van der Waals surface area contributed by atoms with Gasteiger partial charge in [-0.15, -0.1) is 0 Å². The van der Waals surface area contributed by atoms with Crippen molar-refractivity contribution >= 4 is 0 Å². The Morgan fingerprint density at radius 1 is 1.19 bits per heavy atom. The lowest BCUT2D eigenvalue weighted by Gasteiger charge is -2.23. The predicted molar refractivity (Wildman–Crippen MR) is 63.7 cm³/mol. The second kappa shape index (κ2) is 6.61. The molecule has 3 heteroatoms. The molecule has 0 spiro atoms. The van der Waals surface area contributed by atoms with Crippen LogP contribution in [0.3, 0.4) is 0 Å². The zero-order valence-corrected chi connectivity index (χ0v) is 9.91. The van der Waals surface area contributed by atoms with E-state index in [0.717, 1.165) is 18.4 Å². The second-order valence-electron chi connectivity index (χ2n) is 3.97. The lowest BCUT2D eigenvalue weighted by atomic mass is 10.0. The van der Waals surface area contributed by atoms with Crippen molar-refractivity contribution in [3.8, 4) is 0 Å². The van der Waals surface area contributed by atoms with Crippen LogP contribution in [0.15, 0.2) is 24.3 Å². The molecule has 0 saturated carbocycles. The average Bonchev–Trinajstić information content (AvgIpc) is 2.32. The SMILES string of the molecule is CCC(N[C@H](CC)CO)c1ccc(F)cc1. The fourth-order valence-corrected chi connectivity index (χ4v) is 1.73. The largest absolute Gasteiger partial charge is 0.395 e. The van der Waals surface area contributed by atoms with Gasteiger partial charge in [-0.25, -0.2) is 4.39 Å². The molecule has 90 valence electrons. The summed E-state index contributed by atoms with van der Waals surface area (Å²) in [6.07, 6.45) is 1.80. The first-order valence-corrected chi connectivity index (χ1v) is 5.83. The summed E-state index contributed by atoms with van der Waals surface area (Å²) in [6.45, 7) is 4.24. The summed E-state index contributed by atoms with van der Waals surface area (Å²) in [5, 5.41) is 12.5. The molecule has 0 fully saturated rings. The molecule has 0 radical (unpaired) electrons. The van der Waals surface area contributed by atoms with Crippen molar-refractivity contribution < 1.29 is 9.50 Å². The van der Waals surface area contributed by atoms with Crippen molar-refractivity contribution in [2.45, 2.75) is 38.8 Å². The highest BCUT2D eigenvalue weighted by Gasteiger charge is 2.13. The van der Waals surface area contributed by atoms with Crippen LogP contribution in [0.1, 0.15) is 38.3 Å². The zero-order chi connectivity index (χ0) is 12.0. The number of aliphatic hydroxyl groups is 1. The summed E-state index contributed by atoms with van der Waals surface area (Å²) in [6, 6.07) is 6.81. The molecule has 1 rings (SSSR count). The molecule has 1 aromatic carbocycles. The van der Waals surface area contributed by atoms with Gasteiger partial charge in [-0.3, -0.25) is 0 Å². The summed E-state index contributed by atoms with van der Waals surface area (Å²) in [7, 11) is 0. The van der Waals surface area contributed by atoms with Crippen LogP contribution in [0.4, 0.5) is 4.39 Å². The maximum Gasteiger partial charge on any atom is 0.123 e. The van der Waals surface area contributed by atoms with Crippen molar-refractivity contribution in [3.63, 3.8) is 0 Å². The van der Waals surface area contributed by atoms with Crippen LogP contribution in [0.2, 0.25) is 0 Å². The first-order valence-electron chi connectivity index (χ1n) is 5.83. The number of nitrogens with one attached hydrogen (secondary N) is 1. The van der Waals surface area contributed by atoms with Crippen molar-refractivity contribution in [2.75, 3.05) is 6.61 Å². The van der Waals surface area contributed by atoms with Gasteiger partial charge < -0.3 is 10.4 Å². The zero-order valence-electron chi connectivity index (χ0n) is 9.91. The molecule has 0 amide bonds. The second-order valence-corrected chi connectivity index (χ2v) is 3.97. The van der Waals surface area contributed by atoms with E-state index in [2.05, 4.69) is 12.2 Å². The number of benzene rings is 1. The number of halogens is 1. The fourth-order valence-electron chi connectivity index (χ4n) is 1.73. The molecule has 1 aromatic rings. The Labute approximate surface area is 96.5 Å². The van der Waals surface area contributed by atoms with Gasteiger partial charge in [-0.1, -0.05) is 26.0 Å². The van der Waals surface area contributed by atoms with Crippen LogP contribution < -0.4 is 5.32 Å². The van der Waals surface area contributed by atoms with Gasteiger partial charge in [-0.2, -0.15) is 0 Å². The van der Waals surface area contributed by atoms with E-state index in [-0.39, 0.29) is 24.5 Å². The maximum absolute atomic E-state index is 12.8. The highest BCUT2D eigenvalue weighted by molar-refractivity contribution is 5.19. The molecule has 2 N–H and O–H groups in total. The monoisotopic (exact) mass is 225 g/mol. The molecule has 0 aliphatic carbocycles. The van der Waals surface area contributed by atoms with Gasteiger partial charge in [0.15, 0.2) is 0 Å². The number of hydrogen-bond acceptors (Lipinski definition) is 2. The summed E-state index contributed by atoms with van der Waals surface area (Å²) < 4.78 is 12.8. The van der Waals surface area contributed by atoms with Crippen molar-refractivity contribution in [1.29, 1.82) is 0 Å². The highest BCUT2D eigenvalue weighted by atomic mass is 19.1. The summed E-state index contributed by atoms with van der Waals surface area (Å²) in [5.74, 6) is -0.215. The van der Waals surface area contributed by atoms with Crippen LogP contribution in [0.5, 0.6) is 0 Å². The molecule has 0 bridgehead atoms. The topological polar surface area (TPSA) is 32.3 Å². The molecule has 0 aliphatic rings. The van der Waals surface area contributed by atoms with Crippen molar-refractivity contribution in [2.24, 2.45) is 0 Å². The molecule has 16 heavy (non-hydrogen) atoms. The standard InChI is InChI=1S/C13H20FNO/c1-3-12(9-16)15-13(4-2)10-5-7-11(14)8-6-10/h5-8,12-13,15-16H,3-4,9H2,1-2H3/t12-,13?/m1/s1. The minimum absolute atomic E-state index is 0.106. The Hall–Kier alpha value is -0.930. The van der Waals surface area contributed by atoms with Gasteiger partial charge in [0.25, 0.3) is 0 Å². The molecule has 0 aromatic heterocycles. The molecule has 0 saturated heterocycles. The third kappa shape index (κ3) is 3.58.